The molecule has 0 N–H and O–H groups in total. The molecule has 1 heterocycles. The molecule has 0 aliphatic carbocycles. The summed E-state index contributed by atoms with van der Waals surface area (Å²) in [6.45, 7) is 3.71. The van der Waals surface area contributed by atoms with Gasteiger partial charge in [-0.25, -0.2) is 0 Å². The number of aldehydes is 1. The highest BCUT2D eigenvalue weighted by Crippen LogP contribution is 2.38. The second-order valence-corrected chi connectivity index (χ2v) is 6.14. The molecule has 102 valence electrons. The number of hydrogen-bond acceptors (Lipinski definition) is 2. The van der Waals surface area contributed by atoms with E-state index in [1.165, 1.54) is 16.7 Å². The summed E-state index contributed by atoms with van der Waals surface area (Å²) in [6.07, 6.45) is 1.05. The summed E-state index contributed by atoms with van der Waals surface area (Å²) in [7, 11) is 0. The first-order valence-corrected chi connectivity index (χ1v) is 7.50. The lowest BCUT2D eigenvalue weighted by atomic mass is 10.1. The highest BCUT2D eigenvalue weighted by atomic mass is 79.9. The van der Waals surface area contributed by atoms with Crippen molar-refractivity contribution >= 4 is 22.2 Å². The van der Waals surface area contributed by atoms with E-state index < -0.39 is 0 Å². The number of hydrogen-bond donors (Lipinski definition) is 0. The molecule has 0 radical (unpaired) electrons. The van der Waals surface area contributed by atoms with Crippen LogP contribution in [0.1, 0.15) is 28.3 Å². The fourth-order valence-corrected chi connectivity index (χ4v) is 3.43. The van der Waals surface area contributed by atoms with Crippen molar-refractivity contribution in [2.24, 2.45) is 0 Å². The summed E-state index contributed by atoms with van der Waals surface area (Å²) in [5.41, 5.74) is 4.86. The number of aryl methyl sites for hydroxylation is 1. The predicted octanol–water partition coefficient (Wildman–Crippen LogP) is 4.01. The topological polar surface area (TPSA) is 20.3 Å². The van der Waals surface area contributed by atoms with Gasteiger partial charge in [-0.15, -0.1) is 0 Å². The molecule has 2 nitrogen and oxygen atoms in total. The number of halogens is 1. The van der Waals surface area contributed by atoms with Crippen LogP contribution < -0.4 is 0 Å². The Balaban J connectivity index is 1.87. The summed E-state index contributed by atoms with van der Waals surface area (Å²) in [5.74, 6) is 0. The molecular weight excluding hydrogens is 314 g/mol. The summed E-state index contributed by atoms with van der Waals surface area (Å²) < 4.78 is 1.03. The van der Waals surface area contributed by atoms with E-state index in [1.54, 1.807) is 0 Å². The van der Waals surface area contributed by atoms with Gasteiger partial charge in [0.1, 0.15) is 6.29 Å². The fraction of sp³-hybridized carbons (Fsp3) is 0.235. The van der Waals surface area contributed by atoms with Crippen LogP contribution in [0.5, 0.6) is 0 Å². The van der Waals surface area contributed by atoms with Crippen molar-refractivity contribution in [3.8, 4) is 0 Å². The molecule has 0 bridgehead atoms. The van der Waals surface area contributed by atoms with Crippen molar-refractivity contribution in [1.29, 1.82) is 0 Å². The van der Waals surface area contributed by atoms with Crippen molar-refractivity contribution in [2.75, 3.05) is 0 Å². The Labute approximate surface area is 127 Å². The number of carbonyl (C=O) groups excluding carboxylic acids is 1. The van der Waals surface area contributed by atoms with Crippen molar-refractivity contribution in [3.05, 3.63) is 69.2 Å². The van der Waals surface area contributed by atoms with Gasteiger partial charge in [0.2, 0.25) is 0 Å². The van der Waals surface area contributed by atoms with E-state index in [0.29, 0.717) is 0 Å². The second-order valence-electron chi connectivity index (χ2n) is 5.28. The summed E-state index contributed by atoms with van der Waals surface area (Å²) in [4.78, 5) is 13.7. The van der Waals surface area contributed by atoms with Crippen molar-refractivity contribution < 1.29 is 4.79 Å². The van der Waals surface area contributed by atoms with Crippen LogP contribution in [-0.4, -0.2) is 11.2 Å². The Kier molecular flexibility index (Phi) is 3.72. The third-order valence-electron chi connectivity index (χ3n) is 3.84. The minimum absolute atomic E-state index is 0.151. The molecular formula is C17H16BrNO. The number of benzene rings is 2. The Morgan fingerprint density at radius 1 is 1.25 bits per heavy atom. The Morgan fingerprint density at radius 3 is 2.70 bits per heavy atom. The molecule has 2 aromatic rings. The highest BCUT2D eigenvalue weighted by Gasteiger charge is 2.31. The predicted molar refractivity (Wildman–Crippen MR) is 83.4 cm³/mol. The van der Waals surface area contributed by atoms with Gasteiger partial charge in [0, 0.05) is 17.6 Å². The molecule has 0 saturated carbocycles. The molecule has 0 aromatic heterocycles. The number of fused-ring (bicyclic) bond motifs is 1. The van der Waals surface area contributed by atoms with E-state index in [9.17, 15) is 4.79 Å². The normalized spacial score (nSPS) is 18.0. The fourth-order valence-electron chi connectivity index (χ4n) is 2.79. The molecule has 20 heavy (non-hydrogen) atoms. The van der Waals surface area contributed by atoms with Gasteiger partial charge in [-0.1, -0.05) is 57.9 Å². The van der Waals surface area contributed by atoms with Gasteiger partial charge in [-0.3, -0.25) is 4.90 Å². The average Bonchev–Trinajstić information content (AvgIpc) is 2.80. The Hall–Kier alpha value is -1.45. The van der Waals surface area contributed by atoms with Crippen LogP contribution in [0.2, 0.25) is 0 Å². The van der Waals surface area contributed by atoms with Crippen LogP contribution >= 0.6 is 15.9 Å². The van der Waals surface area contributed by atoms with Crippen molar-refractivity contribution in [1.82, 2.24) is 4.90 Å². The zero-order valence-corrected chi connectivity index (χ0v) is 12.9. The molecule has 3 heteroatoms. The first-order valence-electron chi connectivity index (χ1n) is 6.71. The van der Waals surface area contributed by atoms with E-state index in [-0.39, 0.29) is 6.04 Å². The number of carbonyl (C=O) groups is 1. The highest BCUT2D eigenvalue weighted by molar-refractivity contribution is 9.10. The van der Waals surface area contributed by atoms with Gasteiger partial charge in [-0.2, -0.15) is 0 Å². The molecule has 1 atom stereocenters. The molecule has 3 rings (SSSR count). The van der Waals surface area contributed by atoms with Gasteiger partial charge in [0.05, 0.1) is 6.04 Å². The van der Waals surface area contributed by atoms with Gasteiger partial charge in [0.15, 0.2) is 0 Å². The Bertz CT molecular complexity index is 636. The molecule has 2 aromatic carbocycles. The van der Waals surface area contributed by atoms with Crippen molar-refractivity contribution in [3.63, 3.8) is 0 Å². The minimum Gasteiger partial charge on any atom is -0.301 e. The monoisotopic (exact) mass is 329 g/mol. The average molecular weight is 330 g/mol. The van der Waals surface area contributed by atoms with Gasteiger partial charge >= 0.3 is 0 Å². The van der Waals surface area contributed by atoms with Crippen LogP contribution in [0.4, 0.5) is 0 Å². The molecule has 0 saturated heterocycles. The van der Waals surface area contributed by atoms with Crippen LogP contribution in [0.25, 0.3) is 0 Å². The molecule has 1 unspecified atom stereocenters. The van der Waals surface area contributed by atoms with Crippen LogP contribution in [0.3, 0.4) is 0 Å². The lowest BCUT2D eigenvalue weighted by Gasteiger charge is -2.21. The van der Waals surface area contributed by atoms with E-state index in [2.05, 4.69) is 58.1 Å². The summed E-state index contributed by atoms with van der Waals surface area (Å²) >= 11 is 3.57. The molecule has 0 amide bonds. The zero-order valence-electron chi connectivity index (χ0n) is 11.3. The smallest absolute Gasteiger partial charge is 0.141 e. The zero-order chi connectivity index (χ0) is 14.1. The summed E-state index contributed by atoms with van der Waals surface area (Å²) in [6, 6.07) is 14.5. The summed E-state index contributed by atoms with van der Waals surface area (Å²) in [5, 5.41) is 0. The maximum Gasteiger partial charge on any atom is 0.141 e. The molecule has 1 aliphatic rings. The maximum atomic E-state index is 11.5. The molecule has 0 fully saturated rings. The van der Waals surface area contributed by atoms with Gasteiger partial charge in [0.25, 0.3) is 0 Å². The van der Waals surface area contributed by atoms with Crippen LogP contribution in [0, 0.1) is 6.92 Å². The third kappa shape index (κ3) is 2.43. The van der Waals surface area contributed by atoms with E-state index in [0.717, 1.165) is 29.4 Å². The van der Waals surface area contributed by atoms with Crippen LogP contribution in [0.15, 0.2) is 46.9 Å². The minimum atomic E-state index is -0.151. The van der Waals surface area contributed by atoms with E-state index in [1.807, 2.05) is 12.1 Å². The number of rotatable bonds is 3. The second kappa shape index (κ2) is 5.51. The Morgan fingerprint density at radius 2 is 2.00 bits per heavy atom. The lowest BCUT2D eigenvalue weighted by molar-refractivity contribution is -0.112. The quantitative estimate of drug-likeness (QED) is 0.793. The standard InChI is InChI=1S/C17H16BrNO/c1-12-5-7-13(8-6-12)9-19-10-14-3-2-4-15(18)17(14)16(19)11-20/h2-8,11,16H,9-10H2,1H3. The SMILES string of the molecule is Cc1ccc(CN2Cc3cccc(Br)c3C2C=O)cc1. The largest absolute Gasteiger partial charge is 0.301 e. The van der Waals surface area contributed by atoms with Gasteiger partial charge < -0.3 is 4.79 Å². The third-order valence-corrected chi connectivity index (χ3v) is 4.53. The van der Waals surface area contributed by atoms with E-state index in [4.69, 9.17) is 0 Å². The maximum absolute atomic E-state index is 11.5. The number of nitrogens with zero attached hydrogens (tertiary/aromatic N) is 1. The van der Waals surface area contributed by atoms with Crippen LogP contribution in [-0.2, 0) is 17.9 Å². The first kappa shape index (κ1) is 13.5. The molecule has 1 aliphatic heterocycles. The van der Waals surface area contributed by atoms with Crippen molar-refractivity contribution in [2.45, 2.75) is 26.1 Å². The van der Waals surface area contributed by atoms with E-state index >= 15 is 0 Å². The van der Waals surface area contributed by atoms with Gasteiger partial charge in [-0.05, 0) is 29.7 Å². The first-order chi connectivity index (χ1) is 9.69. The lowest BCUT2D eigenvalue weighted by Crippen LogP contribution is -2.22. The molecule has 0 spiro atoms.